The highest BCUT2D eigenvalue weighted by atomic mass is 35.5. The van der Waals surface area contributed by atoms with E-state index in [1.807, 2.05) is 19.0 Å². The number of aliphatic hydroxyl groups is 1. The molecular weight excluding hydrogens is 474 g/mol. The van der Waals surface area contributed by atoms with Crippen molar-refractivity contribution < 1.29 is 32.8 Å². The van der Waals surface area contributed by atoms with Crippen LogP contribution in [0.1, 0.15) is 11.1 Å². The minimum atomic E-state index is -0.708. The van der Waals surface area contributed by atoms with Gasteiger partial charge in [-0.05, 0) is 37.9 Å². The van der Waals surface area contributed by atoms with Gasteiger partial charge in [0.25, 0.3) is 6.01 Å². The number of imidazole rings is 1. The maximum Gasteiger partial charge on any atom is 0.296 e. The Morgan fingerprint density at radius 1 is 1.15 bits per heavy atom. The van der Waals surface area contributed by atoms with Gasteiger partial charge in [-0.25, -0.2) is 8.78 Å². The van der Waals surface area contributed by atoms with Gasteiger partial charge in [-0.3, -0.25) is 0 Å². The van der Waals surface area contributed by atoms with E-state index in [0.717, 1.165) is 0 Å². The maximum absolute atomic E-state index is 14.5. The van der Waals surface area contributed by atoms with Crippen molar-refractivity contribution >= 4 is 22.8 Å². The molecule has 0 aliphatic carbocycles. The van der Waals surface area contributed by atoms with Crippen molar-refractivity contribution in [2.45, 2.75) is 37.6 Å². The Labute approximate surface area is 198 Å². The lowest BCUT2D eigenvalue weighted by molar-refractivity contribution is 0.00706. The number of fused-ring (bicyclic) bond motifs is 2. The number of aliphatic hydroxyl groups excluding tert-OH is 1. The van der Waals surface area contributed by atoms with E-state index in [1.165, 1.54) is 18.2 Å². The minimum absolute atomic E-state index is 0.0186. The Balaban J connectivity index is 1.30. The van der Waals surface area contributed by atoms with Crippen LogP contribution in [0.3, 0.4) is 0 Å². The molecule has 0 saturated carbocycles. The van der Waals surface area contributed by atoms with Gasteiger partial charge in [0.15, 0.2) is 11.8 Å². The van der Waals surface area contributed by atoms with Gasteiger partial charge in [-0.2, -0.15) is 9.97 Å². The first-order chi connectivity index (χ1) is 16.3. The van der Waals surface area contributed by atoms with Gasteiger partial charge in [0.1, 0.15) is 41.6 Å². The van der Waals surface area contributed by atoms with Crippen LogP contribution in [0, 0.1) is 11.6 Å². The van der Waals surface area contributed by atoms with Crippen LogP contribution in [0.25, 0.3) is 11.2 Å². The van der Waals surface area contributed by atoms with Crippen molar-refractivity contribution in [2.75, 3.05) is 27.3 Å². The van der Waals surface area contributed by atoms with E-state index in [-0.39, 0.29) is 41.3 Å². The van der Waals surface area contributed by atoms with Crippen LogP contribution in [0.5, 0.6) is 11.9 Å². The van der Waals surface area contributed by atoms with Gasteiger partial charge in [0.05, 0.1) is 24.3 Å². The van der Waals surface area contributed by atoms with Gasteiger partial charge in [0.2, 0.25) is 5.88 Å². The lowest BCUT2D eigenvalue weighted by atomic mass is 10.1. The monoisotopic (exact) mass is 496 g/mol. The maximum atomic E-state index is 14.5. The molecule has 5 rings (SSSR count). The summed E-state index contributed by atoms with van der Waals surface area (Å²) >= 11 is 6.26. The molecule has 3 aromatic rings. The third-order valence-electron chi connectivity index (χ3n) is 5.67. The van der Waals surface area contributed by atoms with Crippen LogP contribution < -0.4 is 9.47 Å². The second kappa shape index (κ2) is 9.23. The molecule has 1 aromatic carbocycles. The van der Waals surface area contributed by atoms with Crippen molar-refractivity contribution in [1.82, 2.24) is 19.9 Å². The highest BCUT2D eigenvalue weighted by Crippen LogP contribution is 2.31. The molecule has 2 aliphatic heterocycles. The SMILES string of the molecule is CN(C)Cc1cc(F)c(COc2nc3nc(O[C@@H]4COC5C4OC[C@H]5O)[nH]c3cc2Cl)c(F)c1. The number of hydrogen-bond acceptors (Lipinski definition) is 8. The van der Waals surface area contributed by atoms with Crippen LogP contribution in [0.15, 0.2) is 18.2 Å². The highest BCUT2D eigenvalue weighted by molar-refractivity contribution is 6.32. The fourth-order valence-corrected chi connectivity index (χ4v) is 4.32. The molecule has 0 spiro atoms. The number of hydrogen-bond donors (Lipinski definition) is 2. The molecule has 4 heterocycles. The number of nitrogens with one attached hydrogen (secondary N) is 1. The molecule has 2 fully saturated rings. The number of halogens is 3. The summed E-state index contributed by atoms with van der Waals surface area (Å²) in [5.74, 6) is -1.43. The largest absolute Gasteiger partial charge is 0.471 e. The van der Waals surface area contributed by atoms with Crippen LogP contribution >= 0.6 is 11.6 Å². The summed E-state index contributed by atoms with van der Waals surface area (Å²) in [7, 11) is 3.63. The number of nitrogens with zero attached hydrogens (tertiary/aromatic N) is 3. The molecule has 2 aromatic heterocycles. The summed E-state index contributed by atoms with van der Waals surface area (Å²) in [6, 6.07) is 4.27. The molecule has 2 saturated heterocycles. The van der Waals surface area contributed by atoms with E-state index in [0.29, 0.717) is 17.6 Å². The number of aromatic amines is 1. The minimum Gasteiger partial charge on any atom is -0.471 e. The van der Waals surface area contributed by atoms with Gasteiger partial charge >= 0.3 is 0 Å². The lowest BCUT2D eigenvalue weighted by Crippen LogP contribution is -2.34. The molecule has 0 amide bonds. The molecule has 12 heteroatoms. The number of rotatable bonds is 7. The molecule has 4 atom stereocenters. The second-order valence-corrected chi connectivity index (χ2v) is 8.98. The van der Waals surface area contributed by atoms with Gasteiger partial charge in [-0.15, -0.1) is 0 Å². The first kappa shape index (κ1) is 23.2. The number of aromatic nitrogens is 3. The van der Waals surface area contributed by atoms with Crippen molar-refractivity contribution in [3.63, 3.8) is 0 Å². The van der Waals surface area contributed by atoms with Crippen molar-refractivity contribution in [3.05, 3.63) is 46.0 Å². The first-order valence-corrected chi connectivity index (χ1v) is 11.0. The number of ether oxygens (including phenoxy) is 4. The van der Waals surface area contributed by atoms with Gasteiger partial charge in [0, 0.05) is 6.54 Å². The summed E-state index contributed by atoms with van der Waals surface area (Å²) in [6.45, 7) is 0.445. The smallest absolute Gasteiger partial charge is 0.296 e. The number of pyridine rings is 1. The van der Waals surface area contributed by atoms with Crippen LogP contribution in [0.2, 0.25) is 5.02 Å². The van der Waals surface area contributed by atoms with Crippen molar-refractivity contribution in [1.29, 1.82) is 0 Å². The van der Waals surface area contributed by atoms with Crippen molar-refractivity contribution in [2.24, 2.45) is 0 Å². The van der Waals surface area contributed by atoms with E-state index >= 15 is 0 Å². The second-order valence-electron chi connectivity index (χ2n) is 8.57. The van der Waals surface area contributed by atoms with Crippen LogP contribution in [-0.2, 0) is 22.6 Å². The predicted octanol–water partition coefficient (Wildman–Crippen LogP) is 2.44. The van der Waals surface area contributed by atoms with Gasteiger partial charge < -0.3 is 33.9 Å². The molecule has 2 N–H and O–H groups in total. The molecule has 0 bridgehead atoms. The molecular formula is C22H23ClF2N4O5. The Morgan fingerprint density at radius 2 is 1.88 bits per heavy atom. The van der Waals surface area contributed by atoms with E-state index < -0.39 is 42.7 Å². The van der Waals surface area contributed by atoms with Crippen LogP contribution in [-0.4, -0.2) is 76.7 Å². The summed E-state index contributed by atoms with van der Waals surface area (Å²) in [6.07, 6.45) is -1.96. The summed E-state index contributed by atoms with van der Waals surface area (Å²) in [5.41, 5.74) is 1.03. The standard InChI is InChI=1S/C22H23ClF2N4O5/c1-29(2)6-10-3-13(24)11(14(25)4-10)7-33-21-12(23)5-15-20(27-21)28-22(26-15)34-17-9-32-18-16(30)8-31-19(17)18/h3-5,16-19,30H,6-9H2,1-2H3,(H,26,27,28)/t16-,17-,18?,19?/m1/s1. The lowest BCUT2D eigenvalue weighted by Gasteiger charge is -2.15. The number of benzene rings is 1. The zero-order valence-electron chi connectivity index (χ0n) is 18.4. The molecule has 2 unspecified atom stereocenters. The summed E-state index contributed by atoms with van der Waals surface area (Å²) in [5, 5.41) is 10.00. The fourth-order valence-electron chi connectivity index (χ4n) is 4.12. The zero-order valence-corrected chi connectivity index (χ0v) is 19.2. The third kappa shape index (κ3) is 4.53. The molecule has 9 nitrogen and oxygen atoms in total. The number of H-pyrrole nitrogens is 1. The fraction of sp³-hybridized carbons (Fsp3) is 0.455. The van der Waals surface area contributed by atoms with E-state index in [4.69, 9.17) is 30.5 Å². The summed E-state index contributed by atoms with van der Waals surface area (Å²) < 4.78 is 51.4. The Hall–Kier alpha value is -2.57. The van der Waals surface area contributed by atoms with Crippen molar-refractivity contribution in [3.8, 4) is 11.9 Å². The van der Waals surface area contributed by atoms with E-state index in [2.05, 4.69) is 15.0 Å². The molecule has 182 valence electrons. The van der Waals surface area contributed by atoms with E-state index in [9.17, 15) is 13.9 Å². The molecule has 2 aliphatic rings. The average molecular weight is 497 g/mol. The Morgan fingerprint density at radius 3 is 2.62 bits per heavy atom. The normalized spacial score (nSPS) is 24.2. The topological polar surface area (TPSA) is 102 Å². The third-order valence-corrected chi connectivity index (χ3v) is 5.94. The Bertz CT molecular complexity index is 1190. The van der Waals surface area contributed by atoms with E-state index in [1.54, 1.807) is 0 Å². The first-order valence-electron chi connectivity index (χ1n) is 10.7. The summed E-state index contributed by atoms with van der Waals surface area (Å²) in [4.78, 5) is 13.3. The predicted molar refractivity (Wildman–Crippen MR) is 117 cm³/mol. The Kier molecular flexibility index (Phi) is 6.30. The quantitative estimate of drug-likeness (QED) is 0.514. The highest BCUT2D eigenvalue weighted by Gasteiger charge is 2.48. The van der Waals surface area contributed by atoms with Gasteiger partial charge in [-0.1, -0.05) is 11.6 Å². The zero-order chi connectivity index (χ0) is 24.0. The average Bonchev–Trinajstić information content (AvgIpc) is 3.44. The van der Waals surface area contributed by atoms with Crippen LogP contribution in [0.4, 0.5) is 8.78 Å². The molecule has 0 radical (unpaired) electrons. The molecule has 34 heavy (non-hydrogen) atoms.